The number of fused-ring (bicyclic) bond motifs is 7. The van der Waals surface area contributed by atoms with Crippen molar-refractivity contribution in [2.45, 2.75) is 38.5 Å². The van der Waals surface area contributed by atoms with Crippen LogP contribution in [-0.2, 0) is 22.6 Å². The van der Waals surface area contributed by atoms with Crippen molar-refractivity contribution >= 4 is 16.9 Å². The fraction of sp³-hybridized carbons (Fsp3) is 0.464. The van der Waals surface area contributed by atoms with Gasteiger partial charge in [-0.25, -0.2) is 0 Å². The summed E-state index contributed by atoms with van der Waals surface area (Å²) in [4.78, 5) is 18.8. The van der Waals surface area contributed by atoms with Gasteiger partial charge in [0.2, 0.25) is 0 Å². The van der Waals surface area contributed by atoms with Crippen molar-refractivity contribution in [3.8, 4) is 5.75 Å². The van der Waals surface area contributed by atoms with Gasteiger partial charge in [0.25, 0.3) is 0 Å². The number of aromatic amines is 1. The van der Waals surface area contributed by atoms with Crippen molar-refractivity contribution in [1.29, 1.82) is 0 Å². The Labute approximate surface area is 199 Å². The van der Waals surface area contributed by atoms with E-state index in [-0.39, 0.29) is 41.8 Å². The molecule has 0 radical (unpaired) electrons. The van der Waals surface area contributed by atoms with E-state index in [2.05, 4.69) is 41.1 Å². The van der Waals surface area contributed by atoms with Crippen LogP contribution in [0.15, 0.2) is 48.5 Å². The van der Waals surface area contributed by atoms with Gasteiger partial charge in [-0.3, -0.25) is 9.69 Å². The molecule has 3 heterocycles. The van der Waals surface area contributed by atoms with E-state index >= 15 is 0 Å². The number of methoxy groups -OCH3 is 1. The number of esters is 1. The molecule has 34 heavy (non-hydrogen) atoms. The average molecular weight is 461 g/mol. The number of carbonyl (C=O) groups is 1. The van der Waals surface area contributed by atoms with E-state index in [9.17, 15) is 9.90 Å². The molecule has 3 aliphatic rings. The molecule has 1 unspecified atom stereocenters. The third-order valence-electron chi connectivity index (χ3n) is 8.54. The van der Waals surface area contributed by atoms with Gasteiger partial charge in [0.15, 0.2) is 0 Å². The number of rotatable bonds is 4. The molecule has 0 bridgehead atoms. The Hall–Kier alpha value is -2.83. The predicted octanol–water partition coefficient (Wildman–Crippen LogP) is 4.08. The summed E-state index contributed by atoms with van der Waals surface area (Å²) in [5, 5.41) is 12.0. The summed E-state index contributed by atoms with van der Waals surface area (Å²) in [6.45, 7) is 4.28. The number of nitrogens with one attached hydrogen (secondary N) is 1. The van der Waals surface area contributed by atoms with Crippen LogP contribution < -0.4 is 4.74 Å². The Morgan fingerprint density at radius 2 is 2.03 bits per heavy atom. The Bertz CT molecular complexity index is 1210. The zero-order valence-electron chi connectivity index (χ0n) is 19.7. The molecule has 2 aliphatic heterocycles. The van der Waals surface area contributed by atoms with Crippen LogP contribution in [0.5, 0.6) is 5.75 Å². The van der Waals surface area contributed by atoms with Gasteiger partial charge in [-0.1, -0.05) is 37.3 Å². The predicted molar refractivity (Wildman–Crippen MR) is 129 cm³/mol. The lowest BCUT2D eigenvalue weighted by molar-refractivity contribution is -0.153. The molecule has 178 valence electrons. The second kappa shape index (κ2) is 8.43. The van der Waals surface area contributed by atoms with Gasteiger partial charge in [-0.05, 0) is 59.9 Å². The van der Waals surface area contributed by atoms with Crippen molar-refractivity contribution in [2.75, 3.05) is 20.2 Å². The first kappa shape index (κ1) is 21.7. The number of benzene rings is 2. The monoisotopic (exact) mass is 460 g/mol. The molecule has 6 atom stereocenters. The van der Waals surface area contributed by atoms with Crippen molar-refractivity contribution in [2.24, 2.45) is 23.7 Å². The highest BCUT2D eigenvalue weighted by molar-refractivity contribution is 5.86. The van der Waals surface area contributed by atoms with E-state index in [1.807, 2.05) is 24.3 Å². The highest BCUT2D eigenvalue weighted by Gasteiger charge is 2.56. The molecule has 0 spiro atoms. The maximum absolute atomic E-state index is 12.6. The number of aliphatic hydroxyl groups excluding tert-OH is 1. The molecule has 1 saturated heterocycles. The Kier molecular flexibility index (Phi) is 5.38. The third kappa shape index (κ3) is 3.43. The van der Waals surface area contributed by atoms with Crippen LogP contribution in [0.3, 0.4) is 0 Å². The van der Waals surface area contributed by atoms with Gasteiger partial charge in [0.05, 0.1) is 25.2 Å². The molecule has 1 saturated carbocycles. The van der Waals surface area contributed by atoms with Crippen LogP contribution >= 0.6 is 0 Å². The topological polar surface area (TPSA) is 74.8 Å². The number of hydrogen-bond acceptors (Lipinski definition) is 5. The van der Waals surface area contributed by atoms with Gasteiger partial charge in [-0.15, -0.1) is 0 Å². The Morgan fingerprint density at radius 3 is 2.82 bits per heavy atom. The molecule has 2 N–H and O–H groups in total. The standard InChI is InChI=1S/C28H32N2O4/c1-16-24(31)13-21-22(28(32)33-2)14-30-11-10-19-20-12-18(34-15-17-6-4-3-5-7-17)8-9-23(20)29-26(19)27(30)25(16)21/h3-9,12,16,21-22,24-25,27,29,31H,10-11,13-15H2,1-2H3/t16-,21+,22?,24-,25+,27-/m0/s1. The fourth-order valence-electron chi connectivity index (χ4n) is 6.86. The number of nitrogens with zero attached hydrogens (tertiary/aromatic N) is 1. The summed E-state index contributed by atoms with van der Waals surface area (Å²) in [7, 11) is 1.47. The van der Waals surface area contributed by atoms with E-state index in [1.165, 1.54) is 23.8 Å². The van der Waals surface area contributed by atoms with E-state index in [1.54, 1.807) is 0 Å². The maximum Gasteiger partial charge on any atom is 0.310 e. The van der Waals surface area contributed by atoms with Crippen LogP contribution in [0.25, 0.3) is 10.9 Å². The highest BCUT2D eigenvalue weighted by Crippen LogP contribution is 2.55. The number of aromatic nitrogens is 1. The van der Waals surface area contributed by atoms with Crippen LogP contribution in [0.1, 0.15) is 36.2 Å². The summed E-state index contributed by atoms with van der Waals surface area (Å²) in [6, 6.07) is 16.7. The molecule has 6 rings (SSSR count). The summed E-state index contributed by atoms with van der Waals surface area (Å²) in [5.74, 6) is 1.05. The van der Waals surface area contributed by atoms with Gasteiger partial charge in [-0.2, -0.15) is 0 Å². The minimum Gasteiger partial charge on any atom is -0.489 e. The van der Waals surface area contributed by atoms with E-state index in [4.69, 9.17) is 9.47 Å². The third-order valence-corrected chi connectivity index (χ3v) is 8.54. The highest BCUT2D eigenvalue weighted by atomic mass is 16.5. The summed E-state index contributed by atoms with van der Waals surface area (Å²) in [5.41, 5.74) is 4.87. The van der Waals surface area contributed by atoms with Crippen LogP contribution in [-0.4, -0.2) is 47.3 Å². The van der Waals surface area contributed by atoms with Crippen LogP contribution in [0.2, 0.25) is 0 Å². The number of ether oxygens (including phenoxy) is 2. The van der Waals surface area contributed by atoms with Gasteiger partial charge in [0.1, 0.15) is 12.4 Å². The Morgan fingerprint density at radius 1 is 1.21 bits per heavy atom. The van der Waals surface area contributed by atoms with Crippen LogP contribution in [0.4, 0.5) is 0 Å². The Balaban J connectivity index is 1.34. The van der Waals surface area contributed by atoms with Gasteiger partial charge < -0.3 is 19.6 Å². The smallest absolute Gasteiger partial charge is 0.310 e. The number of hydrogen-bond donors (Lipinski definition) is 2. The molecule has 2 aromatic carbocycles. The summed E-state index contributed by atoms with van der Waals surface area (Å²) in [6.07, 6.45) is 1.22. The van der Waals surface area contributed by atoms with Crippen molar-refractivity contribution in [1.82, 2.24) is 9.88 Å². The second-order valence-corrected chi connectivity index (χ2v) is 10.2. The first-order valence-electron chi connectivity index (χ1n) is 12.4. The SMILES string of the molecule is COC(=O)C1CN2CCc3c([nH]c4ccc(OCc5ccccc5)cc34)[C@@H]2[C@@H]2[C@@H](C)[C@@H](O)C[C@H]12. The molecule has 1 aromatic heterocycles. The van der Waals surface area contributed by atoms with E-state index < -0.39 is 0 Å². The molecule has 6 heteroatoms. The number of H-pyrrole nitrogens is 1. The molecular weight excluding hydrogens is 428 g/mol. The normalized spacial score (nSPS) is 30.4. The van der Waals surface area contributed by atoms with Gasteiger partial charge >= 0.3 is 5.97 Å². The molecule has 6 nitrogen and oxygen atoms in total. The van der Waals surface area contributed by atoms with Crippen molar-refractivity contribution in [3.63, 3.8) is 0 Å². The molecule has 1 aliphatic carbocycles. The zero-order valence-corrected chi connectivity index (χ0v) is 19.7. The fourth-order valence-corrected chi connectivity index (χ4v) is 6.86. The second-order valence-electron chi connectivity index (χ2n) is 10.2. The van der Waals surface area contributed by atoms with Crippen LogP contribution in [0, 0.1) is 23.7 Å². The van der Waals surface area contributed by atoms with E-state index in [0.717, 1.165) is 29.8 Å². The number of piperidine rings is 1. The first-order valence-corrected chi connectivity index (χ1v) is 12.4. The average Bonchev–Trinajstić information content (AvgIpc) is 3.39. The summed E-state index contributed by atoms with van der Waals surface area (Å²) >= 11 is 0. The quantitative estimate of drug-likeness (QED) is 0.574. The summed E-state index contributed by atoms with van der Waals surface area (Å²) < 4.78 is 11.3. The number of carbonyl (C=O) groups excluding carboxylic acids is 1. The molecular formula is C28H32N2O4. The lowest BCUT2D eigenvalue weighted by Gasteiger charge is -2.49. The molecule has 3 aromatic rings. The zero-order chi connectivity index (χ0) is 23.4. The first-order chi connectivity index (χ1) is 16.5. The molecule has 0 amide bonds. The lowest BCUT2D eigenvalue weighted by Crippen LogP contribution is -2.52. The van der Waals surface area contributed by atoms with Gasteiger partial charge in [0, 0.05) is 29.7 Å². The molecule has 2 fully saturated rings. The number of aliphatic hydroxyl groups is 1. The van der Waals surface area contributed by atoms with Crippen molar-refractivity contribution < 1.29 is 19.4 Å². The minimum absolute atomic E-state index is 0.132. The van der Waals surface area contributed by atoms with Crippen molar-refractivity contribution in [3.05, 3.63) is 65.4 Å². The maximum atomic E-state index is 12.6. The van der Waals surface area contributed by atoms with E-state index in [0.29, 0.717) is 19.6 Å². The lowest BCUT2D eigenvalue weighted by atomic mass is 9.70. The largest absolute Gasteiger partial charge is 0.489 e. The minimum atomic E-state index is -0.380.